The van der Waals surface area contributed by atoms with Crippen molar-refractivity contribution in [3.8, 4) is 11.1 Å². The summed E-state index contributed by atoms with van der Waals surface area (Å²) in [5, 5.41) is 0. The van der Waals surface area contributed by atoms with Gasteiger partial charge in [0.15, 0.2) is 0 Å². The summed E-state index contributed by atoms with van der Waals surface area (Å²) in [5.41, 5.74) is 6.45. The van der Waals surface area contributed by atoms with Crippen LogP contribution in [0.3, 0.4) is 0 Å². The summed E-state index contributed by atoms with van der Waals surface area (Å²) in [6, 6.07) is 17.6. The molecule has 0 amide bonds. The van der Waals surface area contributed by atoms with Crippen LogP contribution in [-0.4, -0.2) is 5.66 Å². The minimum Gasteiger partial charge on any atom is -0.134 e. The minimum absolute atomic E-state index is 0.657. The Morgan fingerprint density at radius 3 is 1.69 bits per heavy atom. The standard InChI is InChI=1S/C15H15P/c16-13-9-11-5-1-3-7-14(11)15-8-4-2-6-12(15)10-13/h1-8,13H,9-10,16H2. The molecule has 0 aliphatic heterocycles. The molecule has 1 unspecified atom stereocenters. The second-order valence-corrected chi connectivity index (χ2v) is 5.43. The van der Waals surface area contributed by atoms with Crippen LogP contribution in [0.5, 0.6) is 0 Å². The third-order valence-electron chi connectivity index (χ3n) is 3.29. The molecule has 0 heterocycles. The molecular formula is C15H15P. The zero-order chi connectivity index (χ0) is 11.0. The van der Waals surface area contributed by atoms with E-state index in [4.69, 9.17) is 0 Å². The van der Waals surface area contributed by atoms with E-state index in [0.717, 1.165) is 12.8 Å². The predicted octanol–water partition coefficient (Wildman–Crippen LogP) is 3.70. The molecule has 1 aliphatic carbocycles. The van der Waals surface area contributed by atoms with Gasteiger partial charge >= 0.3 is 0 Å². The molecule has 0 aromatic heterocycles. The molecule has 16 heavy (non-hydrogen) atoms. The van der Waals surface area contributed by atoms with Crippen molar-refractivity contribution in [2.75, 3.05) is 0 Å². The van der Waals surface area contributed by atoms with E-state index in [1.54, 1.807) is 0 Å². The first-order chi connectivity index (χ1) is 7.84. The molecular weight excluding hydrogens is 211 g/mol. The largest absolute Gasteiger partial charge is 0.134 e. The van der Waals surface area contributed by atoms with Gasteiger partial charge in [0.1, 0.15) is 0 Å². The molecule has 1 atom stereocenters. The number of benzene rings is 2. The Hall–Kier alpha value is -1.13. The second kappa shape index (κ2) is 4.03. The highest BCUT2D eigenvalue weighted by Crippen LogP contribution is 2.33. The van der Waals surface area contributed by atoms with Crippen LogP contribution < -0.4 is 0 Å². The average Bonchev–Trinajstić information content (AvgIpc) is 2.44. The van der Waals surface area contributed by atoms with Crippen molar-refractivity contribution in [1.82, 2.24) is 0 Å². The summed E-state index contributed by atoms with van der Waals surface area (Å²) in [6.45, 7) is 0. The van der Waals surface area contributed by atoms with Crippen LogP contribution in [0.1, 0.15) is 11.1 Å². The highest BCUT2D eigenvalue weighted by molar-refractivity contribution is 7.17. The lowest BCUT2D eigenvalue weighted by atomic mass is 9.97. The fourth-order valence-electron chi connectivity index (χ4n) is 2.56. The third kappa shape index (κ3) is 1.68. The van der Waals surface area contributed by atoms with E-state index in [9.17, 15) is 0 Å². The van der Waals surface area contributed by atoms with Crippen LogP contribution in [-0.2, 0) is 12.8 Å². The van der Waals surface area contributed by atoms with Gasteiger partial charge < -0.3 is 0 Å². The first kappa shape index (κ1) is 10.1. The maximum absolute atomic E-state index is 2.98. The van der Waals surface area contributed by atoms with Crippen LogP contribution in [0.25, 0.3) is 11.1 Å². The lowest BCUT2D eigenvalue weighted by molar-refractivity contribution is 0.857. The van der Waals surface area contributed by atoms with Gasteiger partial charge in [0.2, 0.25) is 0 Å². The number of hydrogen-bond acceptors (Lipinski definition) is 0. The first-order valence-corrected chi connectivity index (χ1v) is 6.43. The van der Waals surface area contributed by atoms with Gasteiger partial charge in [-0.1, -0.05) is 48.5 Å². The number of hydrogen-bond donors (Lipinski definition) is 0. The maximum Gasteiger partial charge on any atom is -0.0149 e. The van der Waals surface area contributed by atoms with Crippen LogP contribution in [0, 0.1) is 0 Å². The zero-order valence-corrected chi connectivity index (χ0v) is 10.3. The van der Waals surface area contributed by atoms with Crippen molar-refractivity contribution < 1.29 is 0 Å². The van der Waals surface area contributed by atoms with Crippen molar-refractivity contribution in [1.29, 1.82) is 0 Å². The summed E-state index contributed by atoms with van der Waals surface area (Å²) in [6.07, 6.45) is 2.32. The van der Waals surface area contributed by atoms with Gasteiger partial charge in [-0.3, -0.25) is 0 Å². The zero-order valence-electron chi connectivity index (χ0n) is 9.19. The van der Waals surface area contributed by atoms with Crippen molar-refractivity contribution >= 4 is 9.24 Å². The van der Waals surface area contributed by atoms with Crippen LogP contribution in [0.4, 0.5) is 0 Å². The van der Waals surface area contributed by atoms with Crippen molar-refractivity contribution in [2.24, 2.45) is 0 Å². The Morgan fingerprint density at radius 1 is 0.750 bits per heavy atom. The Morgan fingerprint density at radius 2 is 1.19 bits per heavy atom. The van der Waals surface area contributed by atoms with Crippen LogP contribution in [0.2, 0.25) is 0 Å². The van der Waals surface area contributed by atoms with Crippen molar-refractivity contribution in [3.05, 3.63) is 59.7 Å². The van der Waals surface area contributed by atoms with Gasteiger partial charge in [-0.25, -0.2) is 0 Å². The van der Waals surface area contributed by atoms with E-state index in [1.165, 1.54) is 22.3 Å². The average molecular weight is 226 g/mol. The van der Waals surface area contributed by atoms with E-state index < -0.39 is 0 Å². The molecule has 1 heteroatoms. The molecule has 0 radical (unpaired) electrons. The maximum atomic E-state index is 2.98. The van der Waals surface area contributed by atoms with Crippen molar-refractivity contribution in [2.45, 2.75) is 18.5 Å². The Kier molecular flexibility index (Phi) is 2.53. The smallest absolute Gasteiger partial charge is 0.0149 e. The first-order valence-electron chi connectivity index (χ1n) is 5.76. The molecule has 0 saturated carbocycles. The Bertz CT molecular complexity index is 469. The van der Waals surface area contributed by atoms with Gasteiger partial charge in [0.25, 0.3) is 0 Å². The van der Waals surface area contributed by atoms with Gasteiger partial charge in [-0.15, -0.1) is 9.24 Å². The second-order valence-electron chi connectivity index (χ2n) is 4.48. The van der Waals surface area contributed by atoms with Gasteiger partial charge in [0.05, 0.1) is 0 Å². The highest BCUT2D eigenvalue weighted by Gasteiger charge is 2.17. The van der Waals surface area contributed by atoms with Crippen LogP contribution in [0.15, 0.2) is 48.5 Å². The molecule has 0 bridgehead atoms. The Labute approximate surface area is 98.9 Å². The quantitative estimate of drug-likeness (QED) is 0.601. The summed E-state index contributed by atoms with van der Waals surface area (Å²) in [4.78, 5) is 0. The molecule has 0 saturated heterocycles. The topological polar surface area (TPSA) is 0 Å². The molecule has 2 aromatic rings. The van der Waals surface area contributed by atoms with E-state index in [2.05, 4.69) is 57.8 Å². The molecule has 0 fully saturated rings. The molecule has 1 aliphatic rings. The monoisotopic (exact) mass is 226 g/mol. The van der Waals surface area contributed by atoms with Crippen molar-refractivity contribution in [3.63, 3.8) is 0 Å². The minimum atomic E-state index is 0.657. The molecule has 80 valence electrons. The van der Waals surface area contributed by atoms with E-state index in [1.807, 2.05) is 0 Å². The summed E-state index contributed by atoms with van der Waals surface area (Å²) >= 11 is 0. The Balaban J connectivity index is 2.26. The molecule has 2 aromatic carbocycles. The van der Waals surface area contributed by atoms with Gasteiger partial charge in [-0.2, -0.15) is 0 Å². The van der Waals surface area contributed by atoms with Gasteiger partial charge in [0, 0.05) is 0 Å². The summed E-state index contributed by atoms with van der Waals surface area (Å²) < 4.78 is 0. The normalized spacial score (nSPS) is 15.1. The lowest BCUT2D eigenvalue weighted by Crippen LogP contribution is -2.03. The van der Waals surface area contributed by atoms with Crippen LogP contribution >= 0.6 is 9.24 Å². The lowest BCUT2D eigenvalue weighted by Gasteiger charge is -2.08. The molecule has 0 spiro atoms. The highest BCUT2D eigenvalue weighted by atomic mass is 31.0. The fourth-order valence-corrected chi connectivity index (χ4v) is 3.07. The fraction of sp³-hybridized carbons (Fsp3) is 0.200. The van der Waals surface area contributed by atoms with Gasteiger partial charge in [-0.05, 0) is 40.8 Å². The number of fused-ring (bicyclic) bond motifs is 3. The molecule has 0 N–H and O–H groups in total. The third-order valence-corrected chi connectivity index (χ3v) is 3.76. The van der Waals surface area contributed by atoms with E-state index in [-0.39, 0.29) is 0 Å². The molecule has 0 nitrogen and oxygen atoms in total. The molecule has 3 rings (SSSR count). The SMILES string of the molecule is PC1Cc2ccccc2-c2ccccc2C1. The number of rotatable bonds is 0. The summed E-state index contributed by atoms with van der Waals surface area (Å²) in [7, 11) is 2.98. The predicted molar refractivity (Wildman–Crippen MR) is 72.8 cm³/mol. The van der Waals surface area contributed by atoms with E-state index >= 15 is 0 Å². The summed E-state index contributed by atoms with van der Waals surface area (Å²) in [5.74, 6) is 0. The van der Waals surface area contributed by atoms with E-state index in [0.29, 0.717) is 5.66 Å².